The van der Waals surface area contributed by atoms with Crippen molar-refractivity contribution < 1.29 is 33.8 Å². The van der Waals surface area contributed by atoms with Gasteiger partial charge in [0.2, 0.25) is 0 Å². The van der Waals surface area contributed by atoms with Crippen LogP contribution in [0.3, 0.4) is 0 Å². The van der Waals surface area contributed by atoms with Gasteiger partial charge in [0.25, 0.3) is 0 Å². The molecule has 6 aliphatic carbocycles. The van der Waals surface area contributed by atoms with Gasteiger partial charge in [-0.05, 0) is 131 Å². The summed E-state index contributed by atoms with van der Waals surface area (Å²) in [6, 6.07) is 0. The molecule has 50 heavy (non-hydrogen) atoms. The Morgan fingerprint density at radius 2 is 1.56 bits per heavy atom. The normalized spacial score (nSPS) is 42.5. The number of carboxylic acids is 1. The third kappa shape index (κ3) is 5.76. The van der Waals surface area contributed by atoms with Crippen molar-refractivity contribution in [1.29, 1.82) is 0 Å². The molecule has 0 saturated heterocycles. The largest absolute Gasteiger partial charge is 0.481 e. The van der Waals surface area contributed by atoms with Crippen LogP contribution in [0, 0.1) is 57.2 Å². The van der Waals surface area contributed by atoms with Crippen LogP contribution >= 0.6 is 0 Å². The Balaban J connectivity index is 1.29. The highest BCUT2D eigenvalue weighted by atomic mass is 16.6. The van der Waals surface area contributed by atoms with Crippen LogP contribution in [-0.4, -0.2) is 46.2 Å². The number of rotatable bonds is 5. The summed E-state index contributed by atoms with van der Waals surface area (Å²) in [4.78, 5) is 52.4. The van der Waals surface area contributed by atoms with E-state index in [1.165, 1.54) is 11.1 Å². The number of ketones is 1. The predicted molar refractivity (Wildman–Crippen MR) is 192 cm³/mol. The number of ether oxygens (including phenoxy) is 2. The Bertz CT molecular complexity index is 1460. The van der Waals surface area contributed by atoms with Gasteiger partial charge < -0.3 is 19.9 Å². The number of carboxylic acid groups (broad SMARTS) is 1. The van der Waals surface area contributed by atoms with Crippen LogP contribution in [0.15, 0.2) is 11.1 Å². The maximum atomic E-state index is 13.9. The summed E-state index contributed by atoms with van der Waals surface area (Å²) in [5.74, 6) is -0.705. The molecule has 280 valence electrons. The monoisotopic (exact) mass is 695 g/mol. The quantitative estimate of drug-likeness (QED) is 0.218. The van der Waals surface area contributed by atoms with Gasteiger partial charge in [-0.3, -0.25) is 14.4 Å². The highest BCUT2D eigenvalue weighted by Gasteiger charge is 2.69. The number of carbonyl (C=O) groups is 4. The van der Waals surface area contributed by atoms with Gasteiger partial charge in [0.1, 0.15) is 17.5 Å². The van der Waals surface area contributed by atoms with Crippen molar-refractivity contribution in [3.05, 3.63) is 11.1 Å². The Morgan fingerprint density at radius 1 is 0.880 bits per heavy atom. The van der Waals surface area contributed by atoms with E-state index in [9.17, 15) is 24.3 Å². The second kappa shape index (κ2) is 12.4. The molecule has 0 spiro atoms. The minimum atomic E-state index is -0.802. The molecule has 5 saturated carbocycles. The molecule has 6 aliphatic rings. The Kier molecular flexibility index (Phi) is 9.24. The number of alkyl carbamates (subject to hydrolysis) is 1. The topological polar surface area (TPSA) is 119 Å². The van der Waals surface area contributed by atoms with Crippen molar-refractivity contribution in [1.82, 2.24) is 5.32 Å². The van der Waals surface area contributed by atoms with Crippen LogP contribution in [0.1, 0.15) is 153 Å². The zero-order valence-corrected chi connectivity index (χ0v) is 32.6. The molecule has 8 heteroatoms. The fraction of sp³-hybridized carbons (Fsp3) is 0.857. The maximum Gasteiger partial charge on any atom is 0.408 e. The fourth-order valence-electron chi connectivity index (χ4n) is 13.2. The number of esters is 1. The molecule has 0 aliphatic heterocycles. The van der Waals surface area contributed by atoms with E-state index in [2.05, 4.69) is 53.8 Å². The Labute approximate surface area is 300 Å². The van der Waals surface area contributed by atoms with E-state index in [0.29, 0.717) is 37.5 Å². The minimum absolute atomic E-state index is 0.0254. The van der Waals surface area contributed by atoms with Crippen molar-refractivity contribution >= 4 is 23.8 Å². The van der Waals surface area contributed by atoms with Crippen LogP contribution in [0.25, 0.3) is 0 Å². The van der Waals surface area contributed by atoms with Crippen LogP contribution in [0.4, 0.5) is 4.79 Å². The van der Waals surface area contributed by atoms with Gasteiger partial charge in [0, 0.05) is 17.8 Å². The molecular weight excluding hydrogens is 630 g/mol. The predicted octanol–water partition coefficient (Wildman–Crippen LogP) is 9.05. The van der Waals surface area contributed by atoms with Crippen molar-refractivity contribution in [2.75, 3.05) is 0 Å². The third-order valence-electron chi connectivity index (χ3n) is 15.6. The lowest BCUT2D eigenvalue weighted by atomic mass is 9.34. The number of hydrogen-bond donors (Lipinski definition) is 2. The SMILES string of the molecule is CC(C)C1C(=O)C[C@]2(NC(=O)OC(C)(C)C)CC[C@]3(C)C(=C12)CC[C@@H]1[C@@]2(C)CC[C@H](OC(=O)[C@H]4CCC[C@@H](C(=O)O)C4)C(C)(C)[C@@H]2CC[C@]13C. The van der Waals surface area contributed by atoms with E-state index in [-0.39, 0.29) is 57.3 Å². The molecule has 0 aromatic heterocycles. The number of Topliss-reactive ketones (excluding diaryl/α,β-unsaturated/α-hetero) is 1. The molecule has 6 rings (SSSR count). The van der Waals surface area contributed by atoms with Crippen LogP contribution < -0.4 is 5.32 Å². The van der Waals surface area contributed by atoms with E-state index in [1.807, 2.05) is 20.8 Å². The molecule has 0 aromatic rings. The first-order valence-electron chi connectivity index (χ1n) is 19.8. The highest BCUT2D eigenvalue weighted by molar-refractivity contribution is 5.92. The molecule has 2 N–H and O–H groups in total. The standard InChI is InChI=1S/C42H65NO7/c1-24(2)32-28(44)23-42(43-36(48)50-37(3,4)5)21-20-40(9)27(33(32)42)14-15-30-39(8)18-17-31(38(6,7)29(39)16-19-41(30,40)10)49-35(47)26-13-11-12-25(22-26)34(45)46/h24-26,29-32H,11-23H2,1-10H3,(H,43,48)(H,45,46)/t25-,26+,29+,30-,31+,32?,39+,40-,41-,42-/m1/s1. The van der Waals surface area contributed by atoms with Gasteiger partial charge >= 0.3 is 18.0 Å². The van der Waals surface area contributed by atoms with Crippen LogP contribution in [0.2, 0.25) is 0 Å². The third-order valence-corrected chi connectivity index (χ3v) is 15.6. The number of nitrogens with one attached hydrogen (secondary N) is 1. The molecule has 8 nitrogen and oxygen atoms in total. The van der Waals surface area contributed by atoms with Crippen LogP contribution in [-0.2, 0) is 23.9 Å². The number of amides is 1. The second-order valence-corrected chi connectivity index (χ2v) is 20.1. The number of fused-ring (bicyclic) bond motifs is 6. The van der Waals surface area contributed by atoms with Crippen LogP contribution in [0.5, 0.6) is 0 Å². The maximum absolute atomic E-state index is 13.9. The molecule has 0 aromatic carbocycles. The molecule has 0 radical (unpaired) electrons. The number of aliphatic carboxylic acids is 1. The average Bonchev–Trinajstić information content (AvgIpc) is 3.29. The summed E-state index contributed by atoms with van der Waals surface area (Å²) in [6.45, 7) is 22.1. The number of carbonyl (C=O) groups excluding carboxylic acids is 3. The molecule has 1 unspecified atom stereocenters. The fourth-order valence-corrected chi connectivity index (χ4v) is 13.2. The molecule has 0 heterocycles. The molecule has 0 bridgehead atoms. The van der Waals surface area contributed by atoms with E-state index in [0.717, 1.165) is 57.8 Å². The molecule has 1 amide bonds. The van der Waals surface area contributed by atoms with Crippen molar-refractivity contribution in [3.8, 4) is 0 Å². The lowest BCUT2D eigenvalue weighted by molar-refractivity contribution is -0.215. The van der Waals surface area contributed by atoms with E-state index in [1.54, 1.807) is 0 Å². The van der Waals surface area contributed by atoms with E-state index >= 15 is 0 Å². The van der Waals surface area contributed by atoms with Crippen molar-refractivity contribution in [3.63, 3.8) is 0 Å². The van der Waals surface area contributed by atoms with E-state index in [4.69, 9.17) is 9.47 Å². The summed E-state index contributed by atoms with van der Waals surface area (Å²) in [5, 5.41) is 12.9. The van der Waals surface area contributed by atoms with Gasteiger partial charge in [-0.2, -0.15) is 0 Å². The first kappa shape index (κ1) is 37.4. The summed E-state index contributed by atoms with van der Waals surface area (Å²) in [7, 11) is 0. The van der Waals surface area contributed by atoms with Gasteiger partial charge in [-0.15, -0.1) is 0 Å². The smallest absolute Gasteiger partial charge is 0.408 e. The first-order valence-corrected chi connectivity index (χ1v) is 19.8. The van der Waals surface area contributed by atoms with Gasteiger partial charge in [-0.1, -0.05) is 60.5 Å². The Morgan fingerprint density at radius 3 is 2.20 bits per heavy atom. The van der Waals surface area contributed by atoms with Gasteiger partial charge in [0.05, 0.1) is 17.4 Å². The van der Waals surface area contributed by atoms with Gasteiger partial charge in [0.15, 0.2) is 0 Å². The molecule has 10 atom stereocenters. The van der Waals surface area contributed by atoms with Crippen molar-refractivity contribution in [2.24, 2.45) is 57.2 Å². The van der Waals surface area contributed by atoms with Crippen molar-refractivity contribution in [2.45, 2.75) is 170 Å². The lowest BCUT2D eigenvalue weighted by Gasteiger charge is -2.70. The Hall–Kier alpha value is -2.38. The zero-order chi connectivity index (χ0) is 36.8. The molecular formula is C42H65NO7. The highest BCUT2D eigenvalue weighted by Crippen LogP contribution is 2.75. The summed E-state index contributed by atoms with van der Waals surface area (Å²) in [6.07, 6.45) is 9.85. The average molecular weight is 696 g/mol. The number of allylic oxidation sites excluding steroid dienone is 1. The van der Waals surface area contributed by atoms with Gasteiger partial charge in [-0.25, -0.2) is 4.79 Å². The lowest BCUT2D eigenvalue weighted by Crippen LogP contribution is -2.65. The number of hydrogen-bond acceptors (Lipinski definition) is 6. The summed E-state index contributed by atoms with van der Waals surface area (Å²) in [5.41, 5.74) is 1.13. The van der Waals surface area contributed by atoms with E-state index < -0.39 is 29.1 Å². The minimum Gasteiger partial charge on any atom is -0.481 e. The molecule has 5 fully saturated rings. The summed E-state index contributed by atoms with van der Waals surface area (Å²) >= 11 is 0. The second-order valence-electron chi connectivity index (χ2n) is 20.1. The summed E-state index contributed by atoms with van der Waals surface area (Å²) < 4.78 is 12.2. The zero-order valence-electron chi connectivity index (χ0n) is 32.6. The first-order chi connectivity index (χ1) is 23.1.